The highest BCUT2D eigenvalue weighted by molar-refractivity contribution is 7.22. The van der Waals surface area contributed by atoms with Crippen LogP contribution in [0.5, 0.6) is 5.75 Å². The predicted molar refractivity (Wildman–Crippen MR) is 104 cm³/mol. The molecule has 0 saturated carbocycles. The fraction of sp³-hybridized carbons (Fsp3) is 0.211. The van der Waals surface area contributed by atoms with E-state index in [0.29, 0.717) is 40.9 Å². The van der Waals surface area contributed by atoms with Crippen molar-refractivity contribution in [1.82, 2.24) is 4.98 Å². The lowest BCUT2D eigenvalue weighted by atomic mass is 10.1. The normalized spacial score (nSPS) is 10.7. The Labute approximate surface area is 160 Å². The van der Waals surface area contributed by atoms with Crippen molar-refractivity contribution in [2.24, 2.45) is 0 Å². The van der Waals surface area contributed by atoms with Crippen molar-refractivity contribution in [3.05, 3.63) is 53.1 Å². The van der Waals surface area contributed by atoms with Gasteiger partial charge >= 0.3 is 0 Å². The average molecular weight is 389 g/mol. The summed E-state index contributed by atoms with van der Waals surface area (Å²) in [4.78, 5) is 27.6. The van der Waals surface area contributed by atoms with Gasteiger partial charge in [-0.25, -0.2) is 4.98 Å². The lowest BCUT2D eigenvalue weighted by molar-refractivity contribution is -0.116. The number of hydrogen-bond acceptors (Lipinski definition) is 5. The Bertz CT molecular complexity index is 938. The van der Waals surface area contributed by atoms with Gasteiger partial charge in [0.05, 0.1) is 16.8 Å². The number of halogens is 1. The van der Waals surface area contributed by atoms with E-state index in [1.54, 1.807) is 30.3 Å². The third-order valence-electron chi connectivity index (χ3n) is 3.67. The number of hydrogen-bond donors (Lipinski definition) is 1. The molecule has 1 aromatic heterocycles. The minimum absolute atomic E-state index is 0.0188. The number of nitrogens with one attached hydrogen (secondary N) is 1. The SMILES string of the molecule is CC(=O)c1ccc(OCCCC(=O)Nc2nc3ccc(Cl)cc3s2)cc1. The summed E-state index contributed by atoms with van der Waals surface area (Å²) < 4.78 is 6.52. The molecule has 0 aliphatic rings. The number of ether oxygens (including phenoxy) is 1. The van der Waals surface area contributed by atoms with Crippen molar-refractivity contribution in [1.29, 1.82) is 0 Å². The van der Waals surface area contributed by atoms with Crippen LogP contribution in [0.15, 0.2) is 42.5 Å². The van der Waals surface area contributed by atoms with Gasteiger partial charge in [-0.1, -0.05) is 22.9 Å². The Morgan fingerprint density at radius 2 is 1.96 bits per heavy atom. The summed E-state index contributed by atoms with van der Waals surface area (Å²) >= 11 is 7.35. The standard InChI is InChI=1S/C19H17ClN2O3S/c1-12(23)13-4-7-15(8-5-13)25-10-2-3-18(24)22-19-21-16-9-6-14(20)11-17(16)26-19/h4-9,11H,2-3,10H2,1H3,(H,21,22,24). The highest BCUT2D eigenvalue weighted by atomic mass is 35.5. The van der Waals surface area contributed by atoms with Gasteiger partial charge in [0.15, 0.2) is 10.9 Å². The molecule has 0 radical (unpaired) electrons. The summed E-state index contributed by atoms with van der Waals surface area (Å²) in [6.07, 6.45) is 0.916. The Morgan fingerprint density at radius 1 is 1.19 bits per heavy atom. The van der Waals surface area contributed by atoms with Crippen LogP contribution in [-0.4, -0.2) is 23.3 Å². The number of Topliss-reactive ketones (excluding diaryl/α,β-unsaturated/α-hetero) is 1. The van der Waals surface area contributed by atoms with Crippen molar-refractivity contribution in [3.63, 3.8) is 0 Å². The van der Waals surface area contributed by atoms with E-state index in [-0.39, 0.29) is 11.7 Å². The van der Waals surface area contributed by atoms with E-state index in [4.69, 9.17) is 16.3 Å². The number of benzene rings is 2. The molecule has 0 aliphatic heterocycles. The van der Waals surface area contributed by atoms with Crippen LogP contribution in [0.25, 0.3) is 10.2 Å². The number of fused-ring (bicyclic) bond motifs is 1. The first-order chi connectivity index (χ1) is 12.5. The van der Waals surface area contributed by atoms with Gasteiger partial charge in [-0.2, -0.15) is 0 Å². The van der Waals surface area contributed by atoms with Crippen LogP contribution in [0.3, 0.4) is 0 Å². The number of anilines is 1. The van der Waals surface area contributed by atoms with E-state index in [9.17, 15) is 9.59 Å². The number of rotatable bonds is 7. The van der Waals surface area contributed by atoms with Crippen molar-refractivity contribution in [2.75, 3.05) is 11.9 Å². The third kappa shape index (κ3) is 4.80. The molecule has 0 spiro atoms. The smallest absolute Gasteiger partial charge is 0.226 e. The minimum atomic E-state index is -0.106. The molecular formula is C19H17ClN2O3S. The molecule has 1 heterocycles. The Hall–Kier alpha value is -2.44. The zero-order valence-electron chi connectivity index (χ0n) is 14.1. The fourth-order valence-electron chi connectivity index (χ4n) is 2.34. The highest BCUT2D eigenvalue weighted by Crippen LogP contribution is 2.28. The summed E-state index contributed by atoms with van der Waals surface area (Å²) in [6, 6.07) is 12.4. The summed E-state index contributed by atoms with van der Waals surface area (Å²) in [7, 11) is 0. The van der Waals surface area contributed by atoms with E-state index in [1.165, 1.54) is 18.3 Å². The van der Waals surface area contributed by atoms with Crippen LogP contribution in [-0.2, 0) is 4.79 Å². The van der Waals surface area contributed by atoms with E-state index >= 15 is 0 Å². The van der Waals surface area contributed by atoms with Crippen LogP contribution in [0.1, 0.15) is 30.1 Å². The maximum atomic E-state index is 12.0. The van der Waals surface area contributed by atoms with Gasteiger partial charge in [0.1, 0.15) is 5.75 Å². The second kappa shape index (κ2) is 8.29. The molecule has 0 fully saturated rings. The lowest BCUT2D eigenvalue weighted by Crippen LogP contribution is -2.12. The lowest BCUT2D eigenvalue weighted by Gasteiger charge is -2.06. The van der Waals surface area contributed by atoms with Crippen LogP contribution in [0.4, 0.5) is 5.13 Å². The molecular weight excluding hydrogens is 372 g/mol. The van der Waals surface area contributed by atoms with E-state index in [0.717, 1.165) is 10.2 Å². The van der Waals surface area contributed by atoms with Crippen molar-refractivity contribution < 1.29 is 14.3 Å². The number of thiazole rings is 1. The molecule has 0 bridgehead atoms. The summed E-state index contributed by atoms with van der Waals surface area (Å²) in [5, 5.41) is 4.01. The monoisotopic (exact) mass is 388 g/mol. The molecule has 0 saturated heterocycles. The average Bonchev–Trinajstić information content (AvgIpc) is 3.00. The second-order valence-electron chi connectivity index (χ2n) is 5.71. The molecule has 2 aromatic carbocycles. The molecule has 5 nitrogen and oxygen atoms in total. The number of aromatic nitrogens is 1. The largest absolute Gasteiger partial charge is 0.494 e. The van der Waals surface area contributed by atoms with Gasteiger partial charge in [-0.15, -0.1) is 0 Å². The van der Waals surface area contributed by atoms with E-state index < -0.39 is 0 Å². The number of carbonyl (C=O) groups excluding carboxylic acids is 2. The predicted octanol–water partition coefficient (Wildman–Crippen LogP) is 4.95. The van der Waals surface area contributed by atoms with Gasteiger partial charge in [0, 0.05) is 17.0 Å². The molecule has 0 atom stereocenters. The third-order valence-corrected chi connectivity index (χ3v) is 4.84. The molecule has 0 aliphatic carbocycles. The molecule has 26 heavy (non-hydrogen) atoms. The second-order valence-corrected chi connectivity index (χ2v) is 7.18. The first-order valence-corrected chi connectivity index (χ1v) is 9.30. The maximum Gasteiger partial charge on any atom is 0.226 e. The van der Waals surface area contributed by atoms with Gasteiger partial charge in [-0.3, -0.25) is 9.59 Å². The first kappa shape index (κ1) is 18.4. The Balaban J connectivity index is 1.44. The minimum Gasteiger partial charge on any atom is -0.494 e. The van der Waals surface area contributed by atoms with Gasteiger partial charge in [0.25, 0.3) is 0 Å². The van der Waals surface area contributed by atoms with Crippen LogP contribution < -0.4 is 10.1 Å². The van der Waals surface area contributed by atoms with Crippen molar-refractivity contribution in [2.45, 2.75) is 19.8 Å². The van der Waals surface area contributed by atoms with Gasteiger partial charge in [0.2, 0.25) is 5.91 Å². The molecule has 134 valence electrons. The number of carbonyl (C=O) groups is 2. The quantitative estimate of drug-likeness (QED) is 0.459. The molecule has 0 unspecified atom stereocenters. The van der Waals surface area contributed by atoms with Crippen molar-refractivity contribution in [3.8, 4) is 5.75 Å². The molecule has 1 N–H and O–H groups in total. The van der Waals surface area contributed by atoms with Crippen LogP contribution in [0, 0.1) is 0 Å². The van der Waals surface area contributed by atoms with Crippen LogP contribution >= 0.6 is 22.9 Å². The summed E-state index contributed by atoms with van der Waals surface area (Å²) in [6.45, 7) is 1.94. The zero-order valence-corrected chi connectivity index (χ0v) is 15.7. The Kier molecular flexibility index (Phi) is 5.85. The van der Waals surface area contributed by atoms with Gasteiger partial charge < -0.3 is 10.1 Å². The molecule has 1 amide bonds. The number of ketones is 1. The number of amides is 1. The molecule has 3 rings (SSSR count). The molecule has 7 heteroatoms. The molecule has 3 aromatic rings. The zero-order chi connectivity index (χ0) is 18.5. The maximum absolute atomic E-state index is 12.0. The van der Waals surface area contributed by atoms with Crippen LogP contribution in [0.2, 0.25) is 5.02 Å². The first-order valence-electron chi connectivity index (χ1n) is 8.11. The Morgan fingerprint density at radius 3 is 2.69 bits per heavy atom. The van der Waals surface area contributed by atoms with Gasteiger partial charge in [-0.05, 0) is 55.8 Å². The van der Waals surface area contributed by atoms with E-state index in [1.807, 2.05) is 12.1 Å². The fourth-order valence-corrected chi connectivity index (χ4v) is 3.50. The topological polar surface area (TPSA) is 68.3 Å². The summed E-state index contributed by atoms with van der Waals surface area (Å²) in [5.41, 5.74) is 1.46. The summed E-state index contributed by atoms with van der Waals surface area (Å²) in [5.74, 6) is 0.592. The van der Waals surface area contributed by atoms with Crippen molar-refractivity contribution >= 4 is 50.0 Å². The van der Waals surface area contributed by atoms with E-state index in [2.05, 4.69) is 10.3 Å². The number of nitrogens with zero attached hydrogens (tertiary/aromatic N) is 1. The highest BCUT2D eigenvalue weighted by Gasteiger charge is 2.08.